The van der Waals surface area contributed by atoms with E-state index in [0.717, 1.165) is 11.8 Å². The van der Waals surface area contributed by atoms with Gasteiger partial charge < -0.3 is 20.7 Å². The van der Waals surface area contributed by atoms with Gasteiger partial charge in [-0.25, -0.2) is 4.79 Å². The summed E-state index contributed by atoms with van der Waals surface area (Å²) in [4.78, 5) is 34.6. The highest BCUT2D eigenvalue weighted by molar-refractivity contribution is 5.95. The normalized spacial score (nSPS) is 11.2. The minimum atomic E-state index is -0.476. The molecule has 0 aliphatic carbocycles. The number of hydrogen-bond donors (Lipinski definition) is 3. The Bertz CT molecular complexity index is 714. The highest BCUT2D eigenvalue weighted by Gasteiger charge is 2.11. The average Bonchev–Trinajstić information content (AvgIpc) is 2.65. The summed E-state index contributed by atoms with van der Waals surface area (Å²) >= 11 is 0. The van der Waals surface area contributed by atoms with Gasteiger partial charge >= 0.3 is 6.03 Å². The van der Waals surface area contributed by atoms with Crippen LogP contribution in [-0.2, 0) is 11.3 Å². The summed E-state index contributed by atoms with van der Waals surface area (Å²) in [6, 6.07) is 15.2. The van der Waals surface area contributed by atoms with E-state index in [1.165, 1.54) is 0 Å². The Labute approximate surface area is 146 Å². The lowest BCUT2D eigenvalue weighted by molar-refractivity contribution is -0.109. The van der Waals surface area contributed by atoms with E-state index < -0.39 is 6.04 Å². The van der Waals surface area contributed by atoms with Crippen LogP contribution < -0.4 is 16.0 Å². The molecule has 0 aromatic heterocycles. The van der Waals surface area contributed by atoms with E-state index in [1.54, 1.807) is 36.4 Å². The summed E-state index contributed by atoms with van der Waals surface area (Å²) in [5, 5.41) is 8.12. The highest BCUT2D eigenvalue weighted by Crippen LogP contribution is 2.07. The number of amides is 3. The molecule has 25 heavy (non-hydrogen) atoms. The smallest absolute Gasteiger partial charge is 0.319 e. The Balaban J connectivity index is 1.84. The molecule has 1 atom stereocenters. The van der Waals surface area contributed by atoms with Gasteiger partial charge in [0.15, 0.2) is 0 Å². The zero-order valence-electron chi connectivity index (χ0n) is 14.0. The van der Waals surface area contributed by atoms with Gasteiger partial charge in [-0.15, -0.1) is 0 Å². The van der Waals surface area contributed by atoms with Crippen molar-refractivity contribution < 1.29 is 14.4 Å². The van der Waals surface area contributed by atoms with Crippen molar-refractivity contribution in [1.82, 2.24) is 10.6 Å². The van der Waals surface area contributed by atoms with Crippen LogP contribution in [0, 0.1) is 0 Å². The van der Waals surface area contributed by atoms with E-state index in [4.69, 9.17) is 0 Å². The predicted molar refractivity (Wildman–Crippen MR) is 96.4 cm³/mol. The standard InChI is InChI=1S/C19H21N3O3/c1-2-16(13-23)21-18(24)15-10-8-14(9-11-15)12-20-19(25)22-17-6-4-3-5-7-17/h3-11,13,16H,2,12H2,1H3,(H,21,24)(H2,20,22,25)/t16-/m0/s1. The fourth-order valence-corrected chi connectivity index (χ4v) is 2.14. The molecule has 0 saturated carbocycles. The zero-order chi connectivity index (χ0) is 18.1. The zero-order valence-corrected chi connectivity index (χ0v) is 14.0. The van der Waals surface area contributed by atoms with Gasteiger partial charge in [0.1, 0.15) is 6.29 Å². The molecule has 0 fully saturated rings. The second-order valence-corrected chi connectivity index (χ2v) is 5.49. The van der Waals surface area contributed by atoms with Crippen LogP contribution in [0.25, 0.3) is 0 Å². The third-order valence-electron chi connectivity index (χ3n) is 3.62. The average molecular weight is 339 g/mol. The van der Waals surface area contributed by atoms with Crippen LogP contribution in [0.3, 0.4) is 0 Å². The Morgan fingerprint density at radius 2 is 1.72 bits per heavy atom. The van der Waals surface area contributed by atoms with Gasteiger partial charge in [-0.05, 0) is 36.2 Å². The largest absolute Gasteiger partial charge is 0.343 e. The van der Waals surface area contributed by atoms with Crippen molar-refractivity contribution in [1.29, 1.82) is 0 Å². The topological polar surface area (TPSA) is 87.3 Å². The number of urea groups is 1. The number of carbonyl (C=O) groups is 3. The Hall–Kier alpha value is -3.15. The summed E-state index contributed by atoms with van der Waals surface area (Å²) in [7, 11) is 0. The second-order valence-electron chi connectivity index (χ2n) is 5.49. The number of nitrogens with one attached hydrogen (secondary N) is 3. The molecule has 6 nitrogen and oxygen atoms in total. The van der Waals surface area contributed by atoms with Gasteiger partial charge in [-0.2, -0.15) is 0 Å². The number of anilines is 1. The Kier molecular flexibility index (Phi) is 6.71. The maximum absolute atomic E-state index is 12.0. The summed E-state index contributed by atoms with van der Waals surface area (Å²) in [6.45, 7) is 2.17. The first kappa shape index (κ1) is 18.2. The van der Waals surface area contributed by atoms with Crippen molar-refractivity contribution in [2.24, 2.45) is 0 Å². The quantitative estimate of drug-likeness (QED) is 0.678. The van der Waals surface area contributed by atoms with Crippen molar-refractivity contribution in [3.8, 4) is 0 Å². The number of para-hydroxylation sites is 1. The first-order chi connectivity index (χ1) is 12.1. The molecule has 3 N–H and O–H groups in total. The van der Waals surface area contributed by atoms with E-state index in [2.05, 4.69) is 16.0 Å². The van der Waals surface area contributed by atoms with Crippen LogP contribution in [0.2, 0.25) is 0 Å². The third-order valence-corrected chi connectivity index (χ3v) is 3.62. The van der Waals surface area contributed by atoms with Gasteiger partial charge in [0.2, 0.25) is 0 Å². The predicted octanol–water partition coefficient (Wildman–Crippen LogP) is 2.72. The number of aldehydes is 1. The molecule has 0 spiro atoms. The lowest BCUT2D eigenvalue weighted by atomic mass is 10.1. The van der Waals surface area contributed by atoms with Crippen LogP contribution in [-0.4, -0.2) is 24.3 Å². The molecule has 2 aromatic carbocycles. The summed E-state index contributed by atoms with van der Waals surface area (Å²) in [5.74, 6) is -0.291. The van der Waals surface area contributed by atoms with Crippen molar-refractivity contribution in [2.75, 3.05) is 5.32 Å². The summed E-state index contributed by atoms with van der Waals surface area (Å²) < 4.78 is 0. The molecule has 0 unspecified atom stereocenters. The van der Waals surface area contributed by atoms with Crippen molar-refractivity contribution >= 4 is 23.9 Å². The lowest BCUT2D eigenvalue weighted by Crippen LogP contribution is -2.35. The van der Waals surface area contributed by atoms with E-state index in [9.17, 15) is 14.4 Å². The lowest BCUT2D eigenvalue weighted by Gasteiger charge is -2.11. The first-order valence-corrected chi connectivity index (χ1v) is 8.07. The molecule has 3 amide bonds. The molecule has 2 aromatic rings. The number of rotatable bonds is 7. The monoisotopic (exact) mass is 339 g/mol. The molecule has 2 rings (SSSR count). The van der Waals surface area contributed by atoms with Gasteiger partial charge in [-0.3, -0.25) is 4.79 Å². The third kappa shape index (κ3) is 5.76. The van der Waals surface area contributed by atoms with E-state index in [1.807, 2.05) is 25.1 Å². The molecule has 6 heteroatoms. The van der Waals surface area contributed by atoms with Crippen LogP contribution in [0.15, 0.2) is 54.6 Å². The van der Waals surface area contributed by atoms with Crippen LogP contribution >= 0.6 is 0 Å². The van der Waals surface area contributed by atoms with Gasteiger partial charge in [0.25, 0.3) is 5.91 Å². The maximum Gasteiger partial charge on any atom is 0.319 e. The van der Waals surface area contributed by atoms with E-state index in [0.29, 0.717) is 24.2 Å². The second kappa shape index (κ2) is 9.22. The molecular formula is C19H21N3O3. The molecular weight excluding hydrogens is 318 g/mol. The fraction of sp³-hybridized carbons (Fsp3) is 0.211. The van der Waals surface area contributed by atoms with E-state index in [-0.39, 0.29) is 11.9 Å². The number of carbonyl (C=O) groups excluding carboxylic acids is 3. The Morgan fingerprint density at radius 1 is 1.04 bits per heavy atom. The molecule has 0 saturated heterocycles. The minimum absolute atomic E-state index is 0.291. The van der Waals surface area contributed by atoms with Crippen LogP contribution in [0.4, 0.5) is 10.5 Å². The van der Waals surface area contributed by atoms with Crippen LogP contribution in [0.1, 0.15) is 29.3 Å². The van der Waals surface area contributed by atoms with Crippen molar-refractivity contribution in [2.45, 2.75) is 25.9 Å². The molecule has 0 aliphatic heterocycles. The molecule has 0 heterocycles. The summed E-state index contributed by atoms with van der Waals surface area (Å²) in [5.41, 5.74) is 2.05. The minimum Gasteiger partial charge on any atom is -0.343 e. The molecule has 130 valence electrons. The molecule has 0 radical (unpaired) electrons. The van der Waals surface area contributed by atoms with Gasteiger partial charge in [0, 0.05) is 17.8 Å². The maximum atomic E-state index is 12.0. The molecule has 0 aliphatic rings. The summed E-state index contributed by atoms with van der Waals surface area (Å²) in [6.07, 6.45) is 1.27. The number of hydrogen-bond acceptors (Lipinski definition) is 3. The van der Waals surface area contributed by atoms with Crippen molar-refractivity contribution in [3.63, 3.8) is 0 Å². The van der Waals surface area contributed by atoms with Crippen LogP contribution in [0.5, 0.6) is 0 Å². The SMILES string of the molecule is CC[C@@H](C=O)NC(=O)c1ccc(CNC(=O)Nc2ccccc2)cc1. The number of benzene rings is 2. The van der Waals surface area contributed by atoms with Gasteiger partial charge in [0.05, 0.1) is 6.04 Å². The first-order valence-electron chi connectivity index (χ1n) is 8.07. The Morgan fingerprint density at radius 3 is 2.32 bits per heavy atom. The molecule has 0 bridgehead atoms. The highest BCUT2D eigenvalue weighted by atomic mass is 16.2. The van der Waals surface area contributed by atoms with Gasteiger partial charge in [-0.1, -0.05) is 37.3 Å². The van der Waals surface area contributed by atoms with E-state index >= 15 is 0 Å². The van der Waals surface area contributed by atoms with Crippen molar-refractivity contribution in [3.05, 3.63) is 65.7 Å². The fourth-order valence-electron chi connectivity index (χ4n) is 2.14.